The topological polar surface area (TPSA) is 88.1 Å². The summed E-state index contributed by atoms with van der Waals surface area (Å²) in [5, 5.41) is 9.07. The number of carbonyl (C=O) groups excluding carboxylic acids is 1. The number of carbonyl (C=O) groups is 1. The molecule has 0 unspecified atom stereocenters. The number of amides is 1. The molecule has 1 heterocycles. The molecule has 0 radical (unpaired) electrons. The van der Waals surface area contributed by atoms with E-state index in [0.29, 0.717) is 40.3 Å². The normalized spacial score (nSPS) is 18.9. The summed E-state index contributed by atoms with van der Waals surface area (Å²) in [6, 6.07) is 7.37. The third-order valence-corrected chi connectivity index (χ3v) is 5.94. The standard InChI is InChI=1S/C22H31N5O2S/c1-14(2)12-13-27-21(29)17-10-6-5-9-16(17)19(26-27)20(28)24-25-22(30)23-18-11-7-4-8-15(18)3/h5-6,9-10,14-15,18H,4,7-8,11-13H2,1-3H3,(H,24,28)(H2,23,25,30)/t15-,18-/m1/s1. The van der Waals surface area contributed by atoms with Gasteiger partial charge in [-0.15, -0.1) is 0 Å². The van der Waals surface area contributed by atoms with E-state index < -0.39 is 5.91 Å². The van der Waals surface area contributed by atoms with Crippen LogP contribution in [0.5, 0.6) is 0 Å². The van der Waals surface area contributed by atoms with Gasteiger partial charge in [-0.25, -0.2) is 4.68 Å². The molecular weight excluding hydrogens is 398 g/mol. The van der Waals surface area contributed by atoms with Crippen molar-refractivity contribution in [3.8, 4) is 0 Å². The maximum Gasteiger partial charge on any atom is 0.290 e. The highest BCUT2D eigenvalue weighted by Gasteiger charge is 2.22. The third kappa shape index (κ3) is 5.36. The molecule has 1 amide bonds. The number of nitrogens with one attached hydrogen (secondary N) is 3. The van der Waals surface area contributed by atoms with Crippen LogP contribution in [0.25, 0.3) is 10.8 Å². The van der Waals surface area contributed by atoms with Gasteiger partial charge in [0.1, 0.15) is 0 Å². The number of hydrogen-bond donors (Lipinski definition) is 3. The molecule has 8 heteroatoms. The molecule has 1 aromatic carbocycles. The molecule has 0 saturated heterocycles. The molecule has 7 nitrogen and oxygen atoms in total. The van der Waals surface area contributed by atoms with E-state index in [2.05, 4.69) is 42.0 Å². The lowest BCUT2D eigenvalue weighted by atomic mass is 9.86. The zero-order chi connectivity index (χ0) is 21.7. The molecule has 1 fully saturated rings. The van der Waals surface area contributed by atoms with Crippen molar-refractivity contribution in [1.29, 1.82) is 0 Å². The van der Waals surface area contributed by atoms with Gasteiger partial charge in [0.2, 0.25) is 0 Å². The van der Waals surface area contributed by atoms with Gasteiger partial charge in [0.25, 0.3) is 11.5 Å². The Labute approximate surface area is 182 Å². The fourth-order valence-corrected chi connectivity index (χ4v) is 4.05. The molecule has 2 aromatic rings. The minimum absolute atomic E-state index is 0.181. The van der Waals surface area contributed by atoms with Crippen molar-refractivity contribution in [2.75, 3.05) is 0 Å². The van der Waals surface area contributed by atoms with E-state index in [4.69, 9.17) is 12.2 Å². The van der Waals surface area contributed by atoms with Crippen LogP contribution in [0.1, 0.15) is 63.4 Å². The second-order valence-corrected chi connectivity index (χ2v) is 8.93. The van der Waals surface area contributed by atoms with Crippen molar-refractivity contribution >= 4 is 34.0 Å². The van der Waals surface area contributed by atoms with Gasteiger partial charge in [0.05, 0.1) is 5.39 Å². The van der Waals surface area contributed by atoms with Crippen molar-refractivity contribution in [2.24, 2.45) is 11.8 Å². The van der Waals surface area contributed by atoms with E-state index in [9.17, 15) is 9.59 Å². The summed E-state index contributed by atoms with van der Waals surface area (Å²) in [6.07, 6.45) is 5.49. The number of rotatable bonds is 5. The summed E-state index contributed by atoms with van der Waals surface area (Å²) < 4.78 is 1.39. The Kier molecular flexibility index (Phi) is 7.42. The zero-order valence-corrected chi connectivity index (χ0v) is 18.7. The Balaban J connectivity index is 1.74. The zero-order valence-electron chi connectivity index (χ0n) is 17.9. The highest BCUT2D eigenvalue weighted by atomic mass is 32.1. The smallest absolute Gasteiger partial charge is 0.290 e. The largest absolute Gasteiger partial charge is 0.358 e. The Hall–Kier alpha value is -2.48. The highest BCUT2D eigenvalue weighted by molar-refractivity contribution is 7.80. The second kappa shape index (κ2) is 10.0. The van der Waals surface area contributed by atoms with E-state index in [1.807, 2.05) is 0 Å². The van der Waals surface area contributed by atoms with Gasteiger partial charge in [-0.1, -0.05) is 51.8 Å². The molecule has 1 aromatic heterocycles. The molecule has 1 aliphatic rings. The number of hydrogen-bond acceptors (Lipinski definition) is 4. The van der Waals surface area contributed by atoms with Crippen LogP contribution in [0.15, 0.2) is 29.1 Å². The molecule has 0 aliphatic heterocycles. The minimum Gasteiger partial charge on any atom is -0.358 e. The van der Waals surface area contributed by atoms with Crippen molar-refractivity contribution in [1.82, 2.24) is 25.9 Å². The van der Waals surface area contributed by atoms with Crippen LogP contribution >= 0.6 is 12.2 Å². The second-order valence-electron chi connectivity index (χ2n) is 8.53. The third-order valence-electron chi connectivity index (χ3n) is 5.72. The highest BCUT2D eigenvalue weighted by Crippen LogP contribution is 2.23. The predicted molar refractivity (Wildman–Crippen MR) is 123 cm³/mol. The van der Waals surface area contributed by atoms with Gasteiger partial charge in [-0.05, 0) is 49.4 Å². The number of hydrazine groups is 1. The fourth-order valence-electron chi connectivity index (χ4n) is 3.84. The predicted octanol–water partition coefficient (Wildman–Crippen LogP) is 3.13. The monoisotopic (exact) mass is 429 g/mol. The number of aryl methyl sites for hydroxylation is 1. The summed E-state index contributed by atoms with van der Waals surface area (Å²) in [6.45, 7) is 6.86. The molecule has 3 rings (SSSR count). The van der Waals surface area contributed by atoms with Gasteiger partial charge in [0.15, 0.2) is 10.8 Å². The molecule has 2 atom stereocenters. The average Bonchev–Trinajstić information content (AvgIpc) is 2.73. The quantitative estimate of drug-likeness (QED) is 0.500. The Bertz CT molecular complexity index is 972. The van der Waals surface area contributed by atoms with Crippen LogP contribution in [0.2, 0.25) is 0 Å². The van der Waals surface area contributed by atoms with Gasteiger partial charge in [0, 0.05) is 18.0 Å². The first kappa shape index (κ1) is 22.2. The van der Waals surface area contributed by atoms with Crippen LogP contribution in [-0.4, -0.2) is 26.8 Å². The van der Waals surface area contributed by atoms with Crippen LogP contribution in [-0.2, 0) is 6.54 Å². The molecule has 1 aliphatic carbocycles. The molecule has 0 spiro atoms. The average molecular weight is 430 g/mol. The lowest BCUT2D eigenvalue weighted by Crippen LogP contribution is -2.51. The van der Waals surface area contributed by atoms with Crippen molar-refractivity contribution in [2.45, 2.75) is 65.5 Å². The summed E-state index contributed by atoms with van der Waals surface area (Å²) in [4.78, 5) is 25.6. The SMILES string of the molecule is CC(C)CCn1nc(C(=O)NNC(=S)N[C@@H]2CCCC[C@H]2C)c2ccccc2c1=O. The Morgan fingerprint density at radius 3 is 2.60 bits per heavy atom. The van der Waals surface area contributed by atoms with Crippen LogP contribution in [0.4, 0.5) is 0 Å². The Morgan fingerprint density at radius 2 is 1.90 bits per heavy atom. The number of fused-ring (bicyclic) bond motifs is 1. The summed E-state index contributed by atoms with van der Waals surface area (Å²) in [7, 11) is 0. The van der Waals surface area contributed by atoms with E-state index in [-0.39, 0.29) is 11.3 Å². The molecule has 3 N–H and O–H groups in total. The molecule has 30 heavy (non-hydrogen) atoms. The van der Waals surface area contributed by atoms with E-state index in [0.717, 1.165) is 12.8 Å². The first-order valence-electron chi connectivity index (χ1n) is 10.7. The van der Waals surface area contributed by atoms with Gasteiger partial charge in [-0.3, -0.25) is 20.4 Å². The number of thiocarbonyl (C=S) groups is 1. The Morgan fingerprint density at radius 1 is 1.20 bits per heavy atom. The van der Waals surface area contributed by atoms with Crippen molar-refractivity contribution in [3.63, 3.8) is 0 Å². The van der Waals surface area contributed by atoms with Gasteiger partial charge in [-0.2, -0.15) is 5.10 Å². The lowest BCUT2D eigenvalue weighted by Gasteiger charge is -2.30. The number of benzene rings is 1. The summed E-state index contributed by atoms with van der Waals surface area (Å²) in [5.41, 5.74) is 5.45. The molecular formula is C22H31N5O2S. The number of nitrogens with zero attached hydrogens (tertiary/aromatic N) is 2. The minimum atomic E-state index is -0.426. The van der Waals surface area contributed by atoms with Crippen LogP contribution in [0, 0.1) is 11.8 Å². The molecule has 0 bridgehead atoms. The van der Waals surface area contributed by atoms with Crippen molar-refractivity contribution < 1.29 is 4.79 Å². The van der Waals surface area contributed by atoms with Crippen molar-refractivity contribution in [3.05, 3.63) is 40.3 Å². The van der Waals surface area contributed by atoms with Crippen LogP contribution in [0.3, 0.4) is 0 Å². The first-order chi connectivity index (χ1) is 14.4. The van der Waals surface area contributed by atoms with E-state index >= 15 is 0 Å². The fraction of sp³-hybridized carbons (Fsp3) is 0.545. The lowest BCUT2D eigenvalue weighted by molar-refractivity contribution is 0.0937. The van der Waals surface area contributed by atoms with E-state index in [1.54, 1.807) is 24.3 Å². The molecule has 1 saturated carbocycles. The first-order valence-corrected chi connectivity index (χ1v) is 11.1. The summed E-state index contributed by atoms with van der Waals surface area (Å²) in [5.74, 6) is 0.546. The maximum absolute atomic E-state index is 12.9. The van der Waals surface area contributed by atoms with Gasteiger partial charge >= 0.3 is 0 Å². The van der Waals surface area contributed by atoms with Crippen LogP contribution < -0.4 is 21.7 Å². The maximum atomic E-state index is 12.9. The number of aromatic nitrogens is 2. The molecule has 162 valence electrons. The van der Waals surface area contributed by atoms with E-state index in [1.165, 1.54) is 23.9 Å². The summed E-state index contributed by atoms with van der Waals surface area (Å²) >= 11 is 5.36. The van der Waals surface area contributed by atoms with Gasteiger partial charge < -0.3 is 5.32 Å².